The number of H-pyrrole nitrogens is 1. The van der Waals surface area contributed by atoms with E-state index in [-0.39, 0.29) is 17.6 Å². The fraction of sp³-hybridized carbons (Fsp3) is 0.240. The molecule has 4 aromatic rings. The molecule has 1 fully saturated rings. The van der Waals surface area contributed by atoms with Crippen LogP contribution in [-0.4, -0.2) is 33.9 Å². The van der Waals surface area contributed by atoms with Crippen molar-refractivity contribution < 1.29 is 13.9 Å². The Bertz CT molecular complexity index is 1330. The van der Waals surface area contributed by atoms with Crippen molar-refractivity contribution in [2.24, 2.45) is 5.92 Å². The number of benzene rings is 2. The molecule has 34 heavy (non-hydrogen) atoms. The van der Waals surface area contributed by atoms with Gasteiger partial charge in [0.25, 0.3) is 0 Å². The summed E-state index contributed by atoms with van der Waals surface area (Å²) in [6, 6.07) is 10.8. The number of carbonyl (C=O) groups is 1. The molecule has 2 aromatic heterocycles. The highest BCUT2D eigenvalue weighted by molar-refractivity contribution is 5.94. The summed E-state index contributed by atoms with van der Waals surface area (Å²) in [5.41, 5.74) is 8.95. The number of piperidine rings is 1. The van der Waals surface area contributed by atoms with Gasteiger partial charge >= 0.3 is 0 Å². The van der Waals surface area contributed by atoms with Crippen molar-refractivity contribution in [3.63, 3.8) is 0 Å². The Labute approximate surface area is 196 Å². The normalized spacial score (nSPS) is 14.4. The topological polar surface area (TPSA) is 109 Å². The maximum absolute atomic E-state index is 13.1. The van der Waals surface area contributed by atoms with Crippen molar-refractivity contribution >= 4 is 34.1 Å². The van der Waals surface area contributed by atoms with E-state index < -0.39 is 0 Å². The molecule has 8 nitrogen and oxygen atoms in total. The minimum absolute atomic E-state index is 0.0522. The zero-order valence-electron chi connectivity index (χ0n) is 18.7. The number of aromatic nitrogens is 3. The van der Waals surface area contributed by atoms with Crippen LogP contribution in [0.1, 0.15) is 18.4 Å². The van der Waals surface area contributed by atoms with Crippen LogP contribution in [0, 0.1) is 18.7 Å². The van der Waals surface area contributed by atoms with E-state index in [1.807, 2.05) is 13.1 Å². The van der Waals surface area contributed by atoms with Gasteiger partial charge in [-0.15, -0.1) is 0 Å². The molecule has 0 radical (unpaired) electrons. The lowest BCUT2D eigenvalue weighted by atomic mass is 9.95. The van der Waals surface area contributed by atoms with Crippen LogP contribution in [0.25, 0.3) is 11.0 Å². The molecule has 2 aromatic carbocycles. The van der Waals surface area contributed by atoms with Crippen molar-refractivity contribution in [1.29, 1.82) is 0 Å². The van der Waals surface area contributed by atoms with Gasteiger partial charge < -0.3 is 25.7 Å². The second-order valence-corrected chi connectivity index (χ2v) is 8.49. The minimum Gasteiger partial charge on any atom is -0.457 e. The molecule has 1 aliphatic rings. The lowest BCUT2D eigenvalue weighted by molar-refractivity contribution is -0.120. The number of fused-ring (bicyclic) bond motifs is 1. The van der Waals surface area contributed by atoms with E-state index in [0.717, 1.165) is 35.5 Å². The van der Waals surface area contributed by atoms with Crippen LogP contribution < -0.4 is 20.7 Å². The summed E-state index contributed by atoms with van der Waals surface area (Å²) in [5, 5.41) is 4.00. The van der Waals surface area contributed by atoms with Gasteiger partial charge in [-0.1, -0.05) is 0 Å². The molecule has 3 heterocycles. The summed E-state index contributed by atoms with van der Waals surface area (Å²) in [6.07, 6.45) is 4.92. The highest BCUT2D eigenvalue weighted by atomic mass is 19.1. The Hall–Kier alpha value is -4.14. The Balaban J connectivity index is 1.23. The maximum atomic E-state index is 13.1. The number of nitrogen functional groups attached to an aromatic ring is 1. The van der Waals surface area contributed by atoms with Gasteiger partial charge in [0.15, 0.2) is 0 Å². The highest BCUT2D eigenvalue weighted by Gasteiger charge is 2.27. The molecule has 0 saturated carbocycles. The first-order valence-corrected chi connectivity index (χ1v) is 11.1. The molecule has 0 unspecified atom stereocenters. The van der Waals surface area contributed by atoms with E-state index in [1.54, 1.807) is 24.5 Å². The predicted molar refractivity (Wildman–Crippen MR) is 130 cm³/mol. The smallest absolute Gasteiger partial charge is 0.227 e. The molecule has 0 atom stereocenters. The van der Waals surface area contributed by atoms with Gasteiger partial charge in [0.05, 0.1) is 5.39 Å². The molecule has 0 aliphatic carbocycles. The molecule has 1 aliphatic heterocycles. The summed E-state index contributed by atoms with van der Waals surface area (Å²) in [4.78, 5) is 27.2. The fourth-order valence-corrected chi connectivity index (χ4v) is 4.33. The van der Waals surface area contributed by atoms with Gasteiger partial charge in [-0.25, -0.2) is 14.4 Å². The van der Waals surface area contributed by atoms with Crippen molar-refractivity contribution in [1.82, 2.24) is 15.0 Å². The number of halogens is 1. The van der Waals surface area contributed by atoms with Gasteiger partial charge in [0.2, 0.25) is 5.91 Å². The van der Waals surface area contributed by atoms with E-state index in [2.05, 4.69) is 25.2 Å². The molecule has 1 saturated heterocycles. The van der Waals surface area contributed by atoms with Crippen LogP contribution in [0.4, 0.5) is 21.6 Å². The lowest BCUT2D eigenvalue weighted by Gasteiger charge is -2.32. The van der Waals surface area contributed by atoms with E-state index in [4.69, 9.17) is 10.5 Å². The van der Waals surface area contributed by atoms with E-state index in [9.17, 15) is 9.18 Å². The Morgan fingerprint density at radius 2 is 1.91 bits per heavy atom. The second kappa shape index (κ2) is 9.01. The van der Waals surface area contributed by atoms with Crippen LogP contribution >= 0.6 is 0 Å². The SMILES string of the molecule is Cc1c[nH]c2ncnc(N3CCC(C(=O)Nc4cc(N)cc(Oc5ccc(F)cc5)c4)CC3)c12. The number of amides is 1. The van der Waals surface area contributed by atoms with Crippen LogP contribution in [-0.2, 0) is 4.79 Å². The summed E-state index contributed by atoms with van der Waals surface area (Å²) < 4.78 is 18.9. The molecule has 9 heteroatoms. The van der Waals surface area contributed by atoms with E-state index in [1.165, 1.54) is 24.3 Å². The first kappa shape index (κ1) is 21.7. The minimum atomic E-state index is -0.341. The number of hydrogen-bond donors (Lipinski definition) is 3. The number of nitrogens with zero attached hydrogens (tertiary/aromatic N) is 3. The molecule has 5 rings (SSSR count). The number of nitrogens with two attached hydrogens (primary N) is 1. The predicted octanol–water partition coefficient (Wildman–Crippen LogP) is 4.64. The van der Waals surface area contributed by atoms with Crippen LogP contribution in [0.5, 0.6) is 11.5 Å². The summed E-state index contributed by atoms with van der Waals surface area (Å²) in [6.45, 7) is 3.49. The summed E-state index contributed by atoms with van der Waals surface area (Å²) in [7, 11) is 0. The third-order valence-corrected chi connectivity index (χ3v) is 6.06. The Morgan fingerprint density at radius 1 is 1.15 bits per heavy atom. The summed E-state index contributed by atoms with van der Waals surface area (Å²) in [5.74, 6) is 1.33. The first-order valence-electron chi connectivity index (χ1n) is 11.1. The molecular weight excluding hydrogens is 435 g/mol. The summed E-state index contributed by atoms with van der Waals surface area (Å²) >= 11 is 0. The number of ether oxygens (including phenoxy) is 1. The fourth-order valence-electron chi connectivity index (χ4n) is 4.33. The standard InChI is InChI=1S/C25H25FN6O2/c1-15-13-28-23-22(15)24(30-14-29-23)32-8-6-16(7-9-32)25(33)31-19-10-18(27)11-21(12-19)34-20-4-2-17(26)3-5-20/h2-5,10-14,16H,6-9,27H2,1H3,(H,31,33)(H,28,29,30). The maximum Gasteiger partial charge on any atom is 0.227 e. The molecule has 0 bridgehead atoms. The van der Waals surface area contributed by atoms with Crippen LogP contribution in [0.3, 0.4) is 0 Å². The zero-order chi connectivity index (χ0) is 23.7. The van der Waals surface area contributed by atoms with Gasteiger partial charge in [-0.3, -0.25) is 4.79 Å². The number of nitrogens with one attached hydrogen (secondary N) is 2. The Morgan fingerprint density at radius 3 is 2.68 bits per heavy atom. The van der Waals surface area contributed by atoms with Crippen molar-refractivity contribution in [3.8, 4) is 11.5 Å². The third-order valence-electron chi connectivity index (χ3n) is 6.06. The number of rotatable bonds is 5. The van der Waals surface area contributed by atoms with Crippen molar-refractivity contribution in [2.75, 3.05) is 29.0 Å². The number of aromatic amines is 1. The average Bonchev–Trinajstić information content (AvgIpc) is 3.21. The van der Waals surface area contributed by atoms with E-state index >= 15 is 0 Å². The van der Waals surface area contributed by atoms with Crippen molar-refractivity contribution in [2.45, 2.75) is 19.8 Å². The first-order chi connectivity index (χ1) is 16.5. The number of aryl methyl sites for hydroxylation is 1. The molecule has 174 valence electrons. The van der Waals surface area contributed by atoms with Gasteiger partial charge in [0, 0.05) is 48.7 Å². The number of anilines is 3. The van der Waals surface area contributed by atoms with Gasteiger partial charge in [-0.2, -0.15) is 0 Å². The molecule has 1 amide bonds. The lowest BCUT2D eigenvalue weighted by Crippen LogP contribution is -2.38. The van der Waals surface area contributed by atoms with Gasteiger partial charge in [-0.05, 0) is 55.7 Å². The van der Waals surface area contributed by atoms with Crippen LogP contribution in [0.15, 0.2) is 55.0 Å². The van der Waals surface area contributed by atoms with Gasteiger partial charge in [0.1, 0.15) is 35.1 Å². The number of hydrogen-bond acceptors (Lipinski definition) is 6. The largest absolute Gasteiger partial charge is 0.457 e. The zero-order valence-corrected chi connectivity index (χ0v) is 18.7. The monoisotopic (exact) mass is 460 g/mol. The highest BCUT2D eigenvalue weighted by Crippen LogP contribution is 2.31. The molecular formula is C25H25FN6O2. The number of carbonyl (C=O) groups excluding carboxylic acids is 1. The average molecular weight is 461 g/mol. The van der Waals surface area contributed by atoms with E-state index in [0.29, 0.717) is 35.7 Å². The van der Waals surface area contributed by atoms with Crippen LogP contribution in [0.2, 0.25) is 0 Å². The van der Waals surface area contributed by atoms with Crippen molar-refractivity contribution in [3.05, 3.63) is 66.4 Å². The third kappa shape index (κ3) is 4.50. The molecule has 0 spiro atoms. The second-order valence-electron chi connectivity index (χ2n) is 8.49. The Kier molecular flexibility index (Phi) is 5.75. The quantitative estimate of drug-likeness (QED) is 0.375. The molecule has 4 N–H and O–H groups in total.